The van der Waals surface area contributed by atoms with Crippen LogP contribution in [0.25, 0.3) is 0 Å². The van der Waals surface area contributed by atoms with Crippen molar-refractivity contribution in [3.05, 3.63) is 49.8 Å². The lowest BCUT2D eigenvalue weighted by Crippen LogP contribution is -2.23. The molecule has 2 rings (SSSR count). The van der Waals surface area contributed by atoms with Gasteiger partial charge in [0.05, 0.1) is 11.8 Å². The summed E-state index contributed by atoms with van der Waals surface area (Å²) >= 11 is 5.50. The van der Waals surface area contributed by atoms with Crippen molar-refractivity contribution in [1.82, 2.24) is 15.5 Å². The Morgan fingerprint density at radius 2 is 2.35 bits per heavy atom. The number of nitrogens with zero attached hydrogens (tertiary/aromatic N) is 1. The summed E-state index contributed by atoms with van der Waals surface area (Å²) in [6.45, 7) is 0.470. The zero-order chi connectivity index (χ0) is 12.3. The zero-order valence-electron chi connectivity index (χ0n) is 8.71. The van der Waals surface area contributed by atoms with Crippen LogP contribution in [0.15, 0.2) is 35.1 Å². The summed E-state index contributed by atoms with van der Waals surface area (Å²) < 4.78 is 1.82. The van der Waals surface area contributed by atoms with Crippen LogP contribution < -0.4 is 5.32 Å². The predicted molar refractivity (Wildman–Crippen MR) is 76.6 cm³/mol. The van der Waals surface area contributed by atoms with Crippen molar-refractivity contribution in [2.24, 2.45) is 0 Å². The van der Waals surface area contributed by atoms with E-state index in [0.29, 0.717) is 12.1 Å². The van der Waals surface area contributed by atoms with Crippen LogP contribution in [0.3, 0.4) is 0 Å². The molecule has 0 aliphatic heterocycles. The number of nitrogens with one attached hydrogen (secondary N) is 2. The fourth-order valence-corrected chi connectivity index (χ4v) is 2.26. The van der Waals surface area contributed by atoms with E-state index in [2.05, 4.69) is 54.0 Å². The van der Waals surface area contributed by atoms with Crippen molar-refractivity contribution in [3.8, 4) is 0 Å². The first-order chi connectivity index (χ1) is 8.16. The molecule has 0 bridgehead atoms. The molecule has 0 atom stereocenters. The molecule has 1 amide bonds. The van der Waals surface area contributed by atoms with Crippen LogP contribution >= 0.6 is 38.5 Å². The number of H-pyrrole nitrogens is 1. The van der Waals surface area contributed by atoms with E-state index in [1.165, 1.54) is 0 Å². The zero-order valence-corrected chi connectivity index (χ0v) is 12.4. The van der Waals surface area contributed by atoms with Crippen molar-refractivity contribution in [1.29, 1.82) is 0 Å². The molecule has 0 saturated heterocycles. The number of amides is 1. The second-order valence-corrected chi connectivity index (χ2v) is 5.49. The van der Waals surface area contributed by atoms with Gasteiger partial charge in [0.1, 0.15) is 0 Å². The molecular formula is C11H9BrIN3O. The van der Waals surface area contributed by atoms with Gasteiger partial charge in [-0.25, -0.2) is 0 Å². The van der Waals surface area contributed by atoms with E-state index in [1.54, 1.807) is 12.4 Å². The number of halogens is 2. The van der Waals surface area contributed by atoms with Crippen molar-refractivity contribution in [2.45, 2.75) is 6.54 Å². The van der Waals surface area contributed by atoms with Gasteiger partial charge in [-0.05, 0) is 40.8 Å². The Bertz CT molecular complexity index is 528. The number of hydrogen-bond donors (Lipinski definition) is 2. The fourth-order valence-electron chi connectivity index (χ4n) is 1.32. The summed E-state index contributed by atoms with van der Waals surface area (Å²) in [6, 6.07) is 5.62. The highest BCUT2D eigenvalue weighted by atomic mass is 127. The minimum absolute atomic E-state index is 0.0862. The second kappa shape index (κ2) is 5.63. The second-order valence-electron chi connectivity index (χ2n) is 3.41. The highest BCUT2D eigenvalue weighted by Crippen LogP contribution is 2.18. The Hall–Kier alpha value is -0.890. The summed E-state index contributed by atoms with van der Waals surface area (Å²) in [7, 11) is 0. The molecule has 0 radical (unpaired) electrons. The first kappa shape index (κ1) is 12.6. The minimum atomic E-state index is -0.0862. The van der Waals surface area contributed by atoms with Gasteiger partial charge in [0.2, 0.25) is 0 Å². The summed E-state index contributed by atoms with van der Waals surface area (Å²) in [5.74, 6) is -0.0862. The van der Waals surface area contributed by atoms with E-state index in [4.69, 9.17) is 0 Å². The van der Waals surface area contributed by atoms with Crippen LogP contribution in [0.1, 0.15) is 15.9 Å². The number of aromatic nitrogens is 2. The molecule has 0 spiro atoms. The molecule has 6 heteroatoms. The molecule has 2 N–H and O–H groups in total. The number of aromatic amines is 1. The van der Waals surface area contributed by atoms with E-state index in [1.807, 2.05) is 18.2 Å². The molecule has 2 aromatic rings. The minimum Gasteiger partial charge on any atom is -0.348 e. The Balaban J connectivity index is 2.07. The average Bonchev–Trinajstić information content (AvgIpc) is 2.82. The Labute approximate surface area is 120 Å². The highest BCUT2D eigenvalue weighted by molar-refractivity contribution is 14.1. The summed E-state index contributed by atoms with van der Waals surface area (Å²) in [6.07, 6.45) is 3.44. The molecule has 1 aromatic heterocycles. The first-order valence-corrected chi connectivity index (χ1v) is 6.75. The maximum atomic E-state index is 11.9. The summed E-state index contributed by atoms with van der Waals surface area (Å²) in [5, 5.41) is 9.37. The number of carbonyl (C=O) groups excluding carboxylic acids is 1. The van der Waals surface area contributed by atoms with E-state index in [0.717, 1.165) is 13.6 Å². The van der Waals surface area contributed by atoms with Crippen LogP contribution in [0, 0.1) is 3.57 Å². The largest absolute Gasteiger partial charge is 0.348 e. The van der Waals surface area contributed by atoms with E-state index >= 15 is 0 Å². The molecule has 1 heterocycles. The Kier molecular flexibility index (Phi) is 4.16. The molecule has 0 aliphatic rings. The fraction of sp³-hybridized carbons (Fsp3) is 0.0909. The van der Waals surface area contributed by atoms with Gasteiger partial charge >= 0.3 is 0 Å². The van der Waals surface area contributed by atoms with Crippen molar-refractivity contribution in [2.75, 3.05) is 0 Å². The predicted octanol–water partition coefficient (Wildman–Crippen LogP) is 2.71. The lowest BCUT2D eigenvalue weighted by Gasteiger charge is -2.06. The van der Waals surface area contributed by atoms with E-state index < -0.39 is 0 Å². The van der Waals surface area contributed by atoms with Gasteiger partial charge in [-0.2, -0.15) is 5.10 Å². The third kappa shape index (κ3) is 3.29. The smallest absolute Gasteiger partial charge is 0.252 e. The third-order valence-corrected chi connectivity index (χ3v) is 3.61. The molecule has 0 fully saturated rings. The molecule has 1 aromatic carbocycles. The maximum Gasteiger partial charge on any atom is 0.252 e. The number of benzene rings is 1. The SMILES string of the molecule is O=C(NCc1cn[nH]c1)c1cc(Br)ccc1I. The molecule has 88 valence electrons. The van der Waals surface area contributed by atoms with Gasteiger partial charge in [0.15, 0.2) is 0 Å². The Morgan fingerprint density at radius 3 is 3.06 bits per heavy atom. The number of hydrogen-bond acceptors (Lipinski definition) is 2. The van der Waals surface area contributed by atoms with Gasteiger partial charge in [0, 0.05) is 26.3 Å². The lowest BCUT2D eigenvalue weighted by atomic mass is 10.2. The van der Waals surface area contributed by atoms with Gasteiger partial charge in [-0.3, -0.25) is 9.89 Å². The van der Waals surface area contributed by atoms with Crippen LogP contribution in [0.2, 0.25) is 0 Å². The molecule has 0 unspecified atom stereocenters. The maximum absolute atomic E-state index is 11.9. The monoisotopic (exact) mass is 405 g/mol. The standard InChI is InChI=1S/C11H9BrIN3O/c12-8-1-2-10(13)9(3-8)11(17)14-4-7-5-15-16-6-7/h1-3,5-6H,4H2,(H,14,17)(H,15,16). The van der Waals surface area contributed by atoms with Gasteiger partial charge in [0.25, 0.3) is 5.91 Å². The molecule has 17 heavy (non-hydrogen) atoms. The average molecular weight is 406 g/mol. The van der Waals surface area contributed by atoms with Gasteiger partial charge in [-0.1, -0.05) is 15.9 Å². The van der Waals surface area contributed by atoms with Gasteiger partial charge in [-0.15, -0.1) is 0 Å². The van der Waals surface area contributed by atoms with Crippen molar-refractivity contribution >= 4 is 44.4 Å². The molecular weight excluding hydrogens is 397 g/mol. The van der Waals surface area contributed by atoms with Crippen LogP contribution in [0.5, 0.6) is 0 Å². The molecule has 4 nitrogen and oxygen atoms in total. The van der Waals surface area contributed by atoms with Gasteiger partial charge < -0.3 is 5.32 Å². The highest BCUT2D eigenvalue weighted by Gasteiger charge is 2.10. The lowest BCUT2D eigenvalue weighted by molar-refractivity contribution is 0.0950. The summed E-state index contributed by atoms with van der Waals surface area (Å²) in [4.78, 5) is 11.9. The summed E-state index contributed by atoms with van der Waals surface area (Å²) in [5.41, 5.74) is 1.62. The van der Waals surface area contributed by atoms with E-state index in [-0.39, 0.29) is 5.91 Å². The number of carbonyl (C=O) groups is 1. The normalized spacial score (nSPS) is 10.2. The van der Waals surface area contributed by atoms with Crippen molar-refractivity contribution < 1.29 is 4.79 Å². The van der Waals surface area contributed by atoms with Crippen molar-refractivity contribution in [3.63, 3.8) is 0 Å². The third-order valence-electron chi connectivity index (χ3n) is 2.18. The first-order valence-electron chi connectivity index (χ1n) is 4.88. The molecule has 0 aliphatic carbocycles. The van der Waals surface area contributed by atoms with Crippen LogP contribution in [-0.2, 0) is 6.54 Å². The topological polar surface area (TPSA) is 57.8 Å². The van der Waals surface area contributed by atoms with E-state index in [9.17, 15) is 4.79 Å². The van der Waals surface area contributed by atoms with Crippen LogP contribution in [0.4, 0.5) is 0 Å². The Morgan fingerprint density at radius 1 is 1.53 bits per heavy atom. The van der Waals surface area contributed by atoms with Crippen LogP contribution in [-0.4, -0.2) is 16.1 Å². The molecule has 0 saturated carbocycles. The quantitative estimate of drug-likeness (QED) is 0.771. The number of rotatable bonds is 3.